The van der Waals surface area contributed by atoms with Crippen LogP contribution in [0, 0.1) is 0 Å². The molecular weight excluding hydrogens is 248 g/mol. The molecule has 0 aliphatic heterocycles. The van der Waals surface area contributed by atoms with Gasteiger partial charge >= 0.3 is 0 Å². The number of nitrogens with zero attached hydrogens (tertiary/aromatic N) is 1. The highest BCUT2D eigenvalue weighted by Crippen LogP contribution is 2.26. The van der Waals surface area contributed by atoms with E-state index in [0.717, 1.165) is 6.54 Å². The smallest absolute Gasteiger partial charge is 0.0899 e. The Labute approximate surface area is 111 Å². The number of hydrogen-bond acceptors (Lipinski definition) is 3. The Morgan fingerprint density at radius 2 is 2.18 bits per heavy atom. The molecule has 1 atom stereocenters. The lowest BCUT2D eigenvalue weighted by Crippen LogP contribution is -2.38. The minimum absolute atomic E-state index is 0.128. The van der Waals surface area contributed by atoms with Crippen molar-refractivity contribution in [3.8, 4) is 0 Å². The first-order valence-corrected chi connectivity index (χ1v) is 6.83. The van der Waals surface area contributed by atoms with Crippen LogP contribution in [0.25, 0.3) is 10.1 Å². The average Bonchev–Trinajstić information content (AvgIpc) is 2.71. The first-order chi connectivity index (χ1) is 8.09. The quantitative estimate of drug-likeness (QED) is 0.861. The molecule has 0 bridgehead atoms. The van der Waals surface area contributed by atoms with Gasteiger partial charge in [0, 0.05) is 11.2 Å². The summed E-state index contributed by atoms with van der Waals surface area (Å²) in [4.78, 5) is 2.73. The second kappa shape index (κ2) is 5.12. The first-order valence-electron chi connectivity index (χ1n) is 5.54. The zero-order valence-corrected chi connectivity index (χ0v) is 11.6. The van der Waals surface area contributed by atoms with E-state index in [9.17, 15) is 0 Å². The summed E-state index contributed by atoms with van der Waals surface area (Å²) < 4.78 is 1.33. The van der Waals surface area contributed by atoms with Crippen molar-refractivity contribution in [2.75, 3.05) is 7.05 Å². The molecule has 0 radical (unpaired) electrons. The largest absolute Gasteiger partial charge is 0.392 e. The Morgan fingerprint density at radius 1 is 1.47 bits per heavy atom. The van der Waals surface area contributed by atoms with E-state index in [1.165, 1.54) is 15.6 Å². The molecule has 4 heteroatoms. The number of benzene rings is 1. The number of nitrogens with two attached hydrogens (primary N) is 1. The zero-order chi connectivity index (χ0) is 12.4. The van der Waals surface area contributed by atoms with E-state index in [4.69, 9.17) is 18.0 Å². The molecule has 0 aliphatic rings. The van der Waals surface area contributed by atoms with Gasteiger partial charge in [0.05, 0.1) is 11.0 Å². The summed E-state index contributed by atoms with van der Waals surface area (Å²) in [5, 5.41) is 3.55. The van der Waals surface area contributed by atoms with Crippen molar-refractivity contribution >= 4 is 38.6 Å². The maximum atomic E-state index is 5.67. The van der Waals surface area contributed by atoms with Crippen molar-refractivity contribution in [2.24, 2.45) is 5.73 Å². The van der Waals surface area contributed by atoms with Crippen molar-refractivity contribution < 1.29 is 0 Å². The van der Waals surface area contributed by atoms with Crippen LogP contribution in [0.2, 0.25) is 0 Å². The van der Waals surface area contributed by atoms with Crippen molar-refractivity contribution in [1.29, 1.82) is 0 Å². The van der Waals surface area contributed by atoms with Gasteiger partial charge in [-0.2, -0.15) is 0 Å². The Balaban J connectivity index is 2.21. The molecule has 0 fully saturated rings. The molecule has 0 amide bonds. The van der Waals surface area contributed by atoms with E-state index in [2.05, 4.69) is 41.6 Å². The molecule has 0 spiro atoms. The SMILES string of the molecule is CC(C(N)=S)N(C)Cc1csc2ccccc12. The maximum Gasteiger partial charge on any atom is 0.0899 e. The number of likely N-dealkylation sites (N-methyl/N-ethyl adjacent to an activating group) is 1. The van der Waals surface area contributed by atoms with Gasteiger partial charge in [-0.05, 0) is 36.4 Å². The van der Waals surface area contributed by atoms with Crippen LogP contribution in [-0.4, -0.2) is 23.0 Å². The van der Waals surface area contributed by atoms with Crippen molar-refractivity contribution in [3.63, 3.8) is 0 Å². The molecule has 0 saturated heterocycles. The lowest BCUT2D eigenvalue weighted by atomic mass is 10.1. The monoisotopic (exact) mass is 264 g/mol. The first kappa shape index (κ1) is 12.5. The Hall–Kier alpha value is -0.970. The summed E-state index contributed by atoms with van der Waals surface area (Å²) in [5.74, 6) is 0. The van der Waals surface area contributed by atoms with Crippen LogP contribution in [0.1, 0.15) is 12.5 Å². The molecule has 2 N–H and O–H groups in total. The minimum atomic E-state index is 0.128. The van der Waals surface area contributed by atoms with E-state index in [-0.39, 0.29) is 6.04 Å². The minimum Gasteiger partial charge on any atom is -0.392 e. The number of rotatable bonds is 4. The summed E-state index contributed by atoms with van der Waals surface area (Å²) in [7, 11) is 2.05. The third-order valence-electron chi connectivity index (χ3n) is 3.05. The second-order valence-corrected chi connectivity index (χ2v) is 5.63. The molecule has 2 nitrogen and oxygen atoms in total. The highest BCUT2D eigenvalue weighted by molar-refractivity contribution is 7.80. The normalized spacial score (nSPS) is 13.1. The summed E-state index contributed by atoms with van der Waals surface area (Å²) in [6.45, 7) is 2.92. The fourth-order valence-corrected chi connectivity index (χ4v) is 2.91. The molecule has 17 heavy (non-hydrogen) atoms. The highest BCUT2D eigenvalue weighted by atomic mass is 32.1. The summed E-state index contributed by atoms with van der Waals surface area (Å²) in [6, 6.07) is 8.60. The van der Waals surface area contributed by atoms with Gasteiger partial charge in [0.1, 0.15) is 0 Å². The third kappa shape index (κ3) is 2.65. The van der Waals surface area contributed by atoms with Gasteiger partial charge in [-0.3, -0.25) is 4.90 Å². The van der Waals surface area contributed by atoms with Crippen LogP contribution in [-0.2, 0) is 6.54 Å². The average molecular weight is 264 g/mol. The van der Waals surface area contributed by atoms with E-state index in [1.54, 1.807) is 11.3 Å². The molecule has 2 aromatic rings. The fraction of sp³-hybridized carbons (Fsp3) is 0.308. The van der Waals surface area contributed by atoms with Crippen LogP contribution >= 0.6 is 23.6 Å². The second-order valence-electron chi connectivity index (χ2n) is 4.25. The van der Waals surface area contributed by atoms with Gasteiger partial charge < -0.3 is 5.73 Å². The molecule has 0 aliphatic carbocycles. The third-order valence-corrected chi connectivity index (χ3v) is 4.41. The van der Waals surface area contributed by atoms with E-state index >= 15 is 0 Å². The highest BCUT2D eigenvalue weighted by Gasteiger charge is 2.13. The van der Waals surface area contributed by atoms with Crippen LogP contribution in [0.5, 0.6) is 0 Å². The van der Waals surface area contributed by atoms with Gasteiger partial charge in [0.25, 0.3) is 0 Å². The van der Waals surface area contributed by atoms with Gasteiger partial charge in [-0.1, -0.05) is 30.4 Å². The topological polar surface area (TPSA) is 29.3 Å². The number of hydrogen-bond donors (Lipinski definition) is 1. The molecule has 1 aromatic heterocycles. The zero-order valence-electron chi connectivity index (χ0n) is 10.0. The van der Waals surface area contributed by atoms with E-state index in [0.29, 0.717) is 4.99 Å². The van der Waals surface area contributed by atoms with Gasteiger partial charge in [0.2, 0.25) is 0 Å². The molecule has 1 unspecified atom stereocenters. The number of thiocarbonyl (C=S) groups is 1. The molecule has 0 saturated carbocycles. The van der Waals surface area contributed by atoms with Gasteiger partial charge in [-0.25, -0.2) is 0 Å². The number of thiophene rings is 1. The van der Waals surface area contributed by atoms with Crippen molar-refractivity contribution in [3.05, 3.63) is 35.2 Å². The van der Waals surface area contributed by atoms with Gasteiger partial charge in [0.15, 0.2) is 0 Å². The van der Waals surface area contributed by atoms with Crippen LogP contribution in [0.15, 0.2) is 29.6 Å². The predicted molar refractivity (Wildman–Crippen MR) is 79.5 cm³/mol. The van der Waals surface area contributed by atoms with E-state index < -0.39 is 0 Å². The molecular formula is C13H16N2S2. The van der Waals surface area contributed by atoms with Crippen LogP contribution in [0.4, 0.5) is 0 Å². The fourth-order valence-electron chi connectivity index (χ4n) is 1.78. The lowest BCUT2D eigenvalue weighted by Gasteiger charge is -2.23. The molecule has 1 heterocycles. The molecule has 2 rings (SSSR count). The summed E-state index contributed by atoms with van der Waals surface area (Å²) in [6.07, 6.45) is 0. The molecule has 90 valence electrons. The Morgan fingerprint density at radius 3 is 2.88 bits per heavy atom. The lowest BCUT2D eigenvalue weighted by molar-refractivity contribution is 0.306. The maximum absolute atomic E-state index is 5.67. The van der Waals surface area contributed by atoms with Crippen LogP contribution < -0.4 is 5.73 Å². The van der Waals surface area contributed by atoms with Crippen molar-refractivity contribution in [2.45, 2.75) is 19.5 Å². The standard InChI is InChI=1S/C13H16N2S2/c1-9(13(14)16)15(2)7-10-8-17-12-6-4-3-5-11(10)12/h3-6,8-9H,7H2,1-2H3,(H2,14,16). The van der Waals surface area contributed by atoms with Gasteiger partial charge in [-0.15, -0.1) is 11.3 Å². The summed E-state index contributed by atoms with van der Waals surface area (Å²) in [5.41, 5.74) is 7.01. The number of fused-ring (bicyclic) bond motifs is 1. The van der Waals surface area contributed by atoms with E-state index in [1.807, 2.05) is 6.92 Å². The Bertz CT molecular complexity index is 533. The molecule has 1 aromatic carbocycles. The Kier molecular flexibility index (Phi) is 3.76. The summed E-state index contributed by atoms with van der Waals surface area (Å²) >= 11 is 6.81. The predicted octanol–water partition coefficient (Wildman–Crippen LogP) is 3.01. The van der Waals surface area contributed by atoms with Crippen molar-refractivity contribution in [1.82, 2.24) is 4.90 Å². The van der Waals surface area contributed by atoms with Crippen LogP contribution in [0.3, 0.4) is 0 Å².